The van der Waals surface area contributed by atoms with Gasteiger partial charge in [-0.1, -0.05) is 48.3 Å². The molecular weight excluding hydrogens is 511 g/mol. The highest BCUT2D eigenvalue weighted by atomic mass is 35.5. The molecule has 35 heavy (non-hydrogen) atoms. The lowest BCUT2D eigenvalue weighted by molar-refractivity contribution is -0.140. The lowest BCUT2D eigenvalue weighted by atomic mass is 10.1. The molecule has 2 aromatic rings. The van der Waals surface area contributed by atoms with Crippen molar-refractivity contribution in [1.82, 2.24) is 14.5 Å². The van der Waals surface area contributed by atoms with Gasteiger partial charge in [-0.15, -0.1) is 0 Å². The summed E-state index contributed by atoms with van der Waals surface area (Å²) in [6.07, 6.45) is 0.320. The van der Waals surface area contributed by atoms with Crippen LogP contribution in [0.25, 0.3) is 0 Å². The van der Waals surface area contributed by atoms with E-state index in [1.807, 2.05) is 13.0 Å². The third-order valence-electron chi connectivity index (χ3n) is 5.64. The van der Waals surface area contributed by atoms with Crippen LogP contribution >= 0.6 is 23.2 Å². The van der Waals surface area contributed by atoms with Crippen molar-refractivity contribution in [1.29, 1.82) is 0 Å². The van der Waals surface area contributed by atoms with Crippen LogP contribution in [0, 0.1) is 13.8 Å². The first kappa shape index (κ1) is 28.9. The first-order valence-corrected chi connectivity index (χ1v) is 13.2. The number of hydrogen-bond acceptors (Lipinski definition) is 4. The molecule has 0 bridgehead atoms. The first-order valence-electron chi connectivity index (χ1n) is 11.1. The molecule has 0 saturated carbocycles. The monoisotopic (exact) mass is 542 g/mol. The van der Waals surface area contributed by atoms with E-state index in [2.05, 4.69) is 5.32 Å². The number of carbonyl (C=O) groups excluding carboxylic acids is 2. The minimum absolute atomic E-state index is 0.00339. The summed E-state index contributed by atoms with van der Waals surface area (Å²) in [4.78, 5) is 27.8. The van der Waals surface area contributed by atoms with Crippen molar-refractivity contribution in [2.45, 2.75) is 39.8 Å². The Labute approximate surface area is 218 Å². The SMILES string of the molecule is CC[C@@H](C(=O)NC)N(Cc1ccc(Cl)cc1Cl)C(=O)CN(c1cc(C)ccc1C)S(=O)(=O)N(C)C. The fraction of sp³-hybridized carbons (Fsp3) is 0.417. The van der Waals surface area contributed by atoms with Crippen molar-refractivity contribution in [3.8, 4) is 0 Å². The molecule has 2 amide bonds. The number of carbonyl (C=O) groups is 2. The van der Waals surface area contributed by atoms with E-state index in [0.717, 1.165) is 14.2 Å². The largest absolute Gasteiger partial charge is 0.357 e. The minimum Gasteiger partial charge on any atom is -0.357 e. The van der Waals surface area contributed by atoms with Crippen molar-refractivity contribution in [2.75, 3.05) is 32.0 Å². The van der Waals surface area contributed by atoms with Crippen molar-refractivity contribution >= 4 is 50.9 Å². The van der Waals surface area contributed by atoms with Crippen molar-refractivity contribution in [2.24, 2.45) is 0 Å². The zero-order valence-corrected chi connectivity index (χ0v) is 23.1. The fourth-order valence-corrected chi connectivity index (χ4v) is 5.19. The van der Waals surface area contributed by atoms with Crippen LogP contribution in [0.5, 0.6) is 0 Å². The van der Waals surface area contributed by atoms with Gasteiger partial charge in [0.05, 0.1) is 5.69 Å². The van der Waals surface area contributed by atoms with Gasteiger partial charge in [0, 0.05) is 37.7 Å². The number of hydrogen-bond donors (Lipinski definition) is 1. The maximum Gasteiger partial charge on any atom is 0.304 e. The number of anilines is 1. The Morgan fingerprint density at radius 3 is 2.26 bits per heavy atom. The molecule has 0 radical (unpaired) electrons. The summed E-state index contributed by atoms with van der Waals surface area (Å²) in [5.74, 6) is -0.905. The van der Waals surface area contributed by atoms with Crippen molar-refractivity contribution in [3.05, 3.63) is 63.1 Å². The maximum atomic E-state index is 13.7. The highest BCUT2D eigenvalue weighted by Gasteiger charge is 2.34. The summed E-state index contributed by atoms with van der Waals surface area (Å²) < 4.78 is 28.7. The second-order valence-electron chi connectivity index (χ2n) is 8.38. The molecule has 0 spiro atoms. The van der Waals surface area contributed by atoms with E-state index in [4.69, 9.17) is 23.2 Å². The Bertz CT molecular complexity index is 1190. The standard InChI is InChI=1S/C24H32Cl2N4O4S/c1-7-21(24(32)27-4)29(14-18-10-11-19(25)13-20(18)26)23(31)15-30(35(33,34)28(5)6)22-12-16(2)8-9-17(22)3/h8-13,21H,7,14-15H2,1-6H3,(H,27,32)/t21-/m0/s1. The lowest BCUT2D eigenvalue weighted by Gasteiger charge is -2.34. The van der Waals surface area contributed by atoms with Crippen LogP contribution < -0.4 is 9.62 Å². The second kappa shape index (κ2) is 12.1. The van der Waals surface area contributed by atoms with E-state index in [0.29, 0.717) is 33.3 Å². The molecule has 0 aliphatic heterocycles. The van der Waals surface area contributed by atoms with Crippen molar-refractivity contribution < 1.29 is 18.0 Å². The number of rotatable bonds is 10. The topological polar surface area (TPSA) is 90.0 Å². The van der Waals surface area contributed by atoms with E-state index in [-0.39, 0.29) is 12.5 Å². The third kappa shape index (κ3) is 6.88. The summed E-state index contributed by atoms with van der Waals surface area (Å²) in [6.45, 7) is 4.91. The molecule has 8 nitrogen and oxygen atoms in total. The predicted molar refractivity (Wildman–Crippen MR) is 141 cm³/mol. The number of halogens is 2. The molecule has 11 heteroatoms. The summed E-state index contributed by atoms with van der Waals surface area (Å²) >= 11 is 12.4. The fourth-order valence-electron chi connectivity index (χ4n) is 3.61. The van der Waals surface area contributed by atoms with E-state index >= 15 is 0 Å². The van der Waals surface area contributed by atoms with Gasteiger partial charge in [-0.3, -0.25) is 9.59 Å². The number of aryl methyl sites for hydroxylation is 2. The minimum atomic E-state index is -4.03. The number of likely N-dealkylation sites (N-methyl/N-ethyl adjacent to an activating group) is 1. The average Bonchev–Trinajstić information content (AvgIpc) is 2.79. The summed E-state index contributed by atoms with van der Waals surface area (Å²) in [7, 11) is 0.269. The van der Waals surface area contributed by atoms with Gasteiger partial charge in [0.1, 0.15) is 12.6 Å². The molecule has 1 N–H and O–H groups in total. The van der Waals surface area contributed by atoms with Crippen LogP contribution in [-0.4, -0.2) is 63.2 Å². The summed E-state index contributed by atoms with van der Waals surface area (Å²) in [5, 5.41) is 3.36. The highest BCUT2D eigenvalue weighted by molar-refractivity contribution is 7.90. The first-order chi connectivity index (χ1) is 16.3. The molecule has 2 aromatic carbocycles. The molecule has 2 rings (SSSR count). The van der Waals surface area contributed by atoms with E-state index in [1.54, 1.807) is 44.2 Å². The summed E-state index contributed by atoms with van der Waals surface area (Å²) in [6, 6.07) is 9.45. The third-order valence-corrected chi connectivity index (χ3v) is 8.03. The zero-order chi connectivity index (χ0) is 26.5. The van der Waals surface area contributed by atoms with Gasteiger partial charge in [0.15, 0.2) is 0 Å². The Kier molecular flexibility index (Phi) is 9.97. The van der Waals surface area contributed by atoms with Crippen LogP contribution in [0.4, 0.5) is 5.69 Å². The van der Waals surface area contributed by atoms with Gasteiger partial charge in [0.2, 0.25) is 11.8 Å². The van der Waals surface area contributed by atoms with Gasteiger partial charge in [-0.05, 0) is 55.2 Å². The van der Waals surface area contributed by atoms with Gasteiger partial charge in [-0.25, -0.2) is 4.31 Å². The van der Waals surface area contributed by atoms with E-state index in [1.165, 1.54) is 26.0 Å². The van der Waals surface area contributed by atoms with E-state index in [9.17, 15) is 18.0 Å². The number of nitrogens with one attached hydrogen (secondary N) is 1. The zero-order valence-electron chi connectivity index (χ0n) is 20.8. The van der Waals surface area contributed by atoms with Gasteiger partial charge < -0.3 is 10.2 Å². The molecule has 0 aromatic heterocycles. The molecule has 0 fully saturated rings. The van der Waals surface area contributed by atoms with Gasteiger partial charge >= 0.3 is 10.2 Å². The Balaban J connectivity index is 2.58. The van der Waals surface area contributed by atoms with Crippen LogP contribution in [0.3, 0.4) is 0 Å². The second-order valence-corrected chi connectivity index (χ2v) is 11.3. The Morgan fingerprint density at radius 1 is 1.06 bits per heavy atom. The Morgan fingerprint density at radius 2 is 1.71 bits per heavy atom. The molecule has 0 unspecified atom stereocenters. The molecule has 0 heterocycles. The van der Waals surface area contributed by atoms with Crippen LogP contribution in [-0.2, 0) is 26.3 Å². The van der Waals surface area contributed by atoms with Crippen LogP contribution in [0.15, 0.2) is 36.4 Å². The summed E-state index contributed by atoms with van der Waals surface area (Å²) in [5.41, 5.74) is 2.52. The van der Waals surface area contributed by atoms with Crippen molar-refractivity contribution in [3.63, 3.8) is 0 Å². The molecule has 0 aliphatic carbocycles. The van der Waals surface area contributed by atoms with Crippen LogP contribution in [0.1, 0.15) is 30.0 Å². The Hall–Kier alpha value is -2.33. The smallest absolute Gasteiger partial charge is 0.304 e. The number of benzene rings is 2. The molecular formula is C24H32Cl2N4O4S. The van der Waals surface area contributed by atoms with Gasteiger partial charge in [0.25, 0.3) is 0 Å². The normalized spacial score (nSPS) is 12.4. The predicted octanol–water partition coefficient (Wildman–Crippen LogP) is 3.78. The maximum absolute atomic E-state index is 13.7. The highest BCUT2D eigenvalue weighted by Crippen LogP contribution is 2.27. The lowest BCUT2D eigenvalue weighted by Crippen LogP contribution is -2.53. The van der Waals surface area contributed by atoms with Crippen LogP contribution in [0.2, 0.25) is 10.0 Å². The van der Waals surface area contributed by atoms with E-state index < -0.39 is 28.7 Å². The molecule has 1 atom stereocenters. The van der Waals surface area contributed by atoms with Gasteiger partial charge in [-0.2, -0.15) is 12.7 Å². The molecule has 192 valence electrons. The molecule has 0 aliphatic rings. The number of nitrogens with zero attached hydrogens (tertiary/aromatic N) is 3. The molecule has 0 saturated heterocycles. The quantitative estimate of drug-likeness (QED) is 0.494. The average molecular weight is 544 g/mol. The number of amides is 2.